The fourth-order valence-electron chi connectivity index (χ4n) is 2.00. The van der Waals surface area contributed by atoms with E-state index in [4.69, 9.17) is 0 Å². The predicted molar refractivity (Wildman–Crippen MR) is 48.5 cm³/mol. The van der Waals surface area contributed by atoms with Crippen LogP contribution in [-0.2, 0) is 0 Å². The Hall–Kier alpha value is -0.150. The van der Waals surface area contributed by atoms with Crippen molar-refractivity contribution in [3.63, 3.8) is 0 Å². The molecule has 0 amide bonds. The van der Waals surface area contributed by atoms with E-state index in [1.165, 1.54) is 0 Å². The molecule has 1 heterocycles. The average molecular weight is 173 g/mol. The van der Waals surface area contributed by atoms with Crippen LogP contribution in [0.5, 0.6) is 0 Å². The fraction of sp³-hybridized carbons (Fsp3) is 0.889. The number of nitrogens with zero attached hydrogens (tertiary/aromatic N) is 2. The largest absolute Gasteiger partial charge is 0.457 e. The van der Waals surface area contributed by atoms with Crippen LogP contribution in [0.2, 0.25) is 0 Å². The molecule has 1 rings (SSSR count). The zero-order valence-electron chi connectivity index (χ0n) is 7.96. The lowest BCUT2D eigenvalue weighted by Crippen LogP contribution is -2.55. The Balaban J connectivity index is 2.48. The molecule has 0 aromatic heterocycles. The van der Waals surface area contributed by atoms with Crippen LogP contribution in [0, 0.1) is 7.05 Å². The standard InChI is InChI=1S/C9H18FN2/c1-8-6-11(3)7-9(2)12(8)5-4-10/h8-9H,3-7H2,1-2H3/q-1/t8-,9+. The van der Waals surface area contributed by atoms with E-state index in [-0.39, 0.29) is 6.67 Å². The first kappa shape index (κ1) is 9.93. The predicted octanol–water partition coefficient (Wildman–Crippen LogP) is 1.14. The molecular formula is C9H18FN2-. The van der Waals surface area contributed by atoms with Crippen LogP contribution in [0.4, 0.5) is 4.39 Å². The maximum absolute atomic E-state index is 12.2. The first-order valence-electron chi connectivity index (χ1n) is 4.52. The molecule has 2 nitrogen and oxygen atoms in total. The van der Waals surface area contributed by atoms with Gasteiger partial charge in [-0.2, -0.15) is 0 Å². The summed E-state index contributed by atoms with van der Waals surface area (Å²) < 4.78 is 12.2. The second-order valence-corrected chi connectivity index (χ2v) is 3.66. The smallest absolute Gasteiger partial charge is 0.102 e. The van der Waals surface area contributed by atoms with Gasteiger partial charge in [0.25, 0.3) is 0 Å². The Morgan fingerprint density at radius 3 is 2.25 bits per heavy atom. The highest BCUT2D eigenvalue weighted by Gasteiger charge is 2.24. The Labute approximate surface area is 74.3 Å². The highest BCUT2D eigenvalue weighted by Crippen LogP contribution is 2.13. The molecule has 3 heteroatoms. The Kier molecular flexibility index (Phi) is 3.47. The summed E-state index contributed by atoms with van der Waals surface area (Å²) in [5.41, 5.74) is 0. The van der Waals surface area contributed by atoms with E-state index in [2.05, 4.69) is 30.7 Å². The lowest BCUT2D eigenvalue weighted by molar-refractivity contribution is 0.0556. The van der Waals surface area contributed by atoms with E-state index in [1.54, 1.807) is 0 Å². The van der Waals surface area contributed by atoms with E-state index in [0.29, 0.717) is 18.6 Å². The quantitative estimate of drug-likeness (QED) is 0.578. The molecule has 0 aliphatic carbocycles. The van der Waals surface area contributed by atoms with Gasteiger partial charge >= 0.3 is 0 Å². The molecule has 0 N–H and O–H groups in total. The maximum atomic E-state index is 12.2. The molecule has 1 fully saturated rings. The molecule has 12 heavy (non-hydrogen) atoms. The van der Waals surface area contributed by atoms with Crippen molar-refractivity contribution < 1.29 is 4.39 Å². The lowest BCUT2D eigenvalue weighted by atomic mass is 10.1. The number of halogens is 1. The van der Waals surface area contributed by atoms with Gasteiger partial charge in [0.15, 0.2) is 0 Å². The molecule has 0 saturated carbocycles. The minimum Gasteiger partial charge on any atom is -0.457 e. The Morgan fingerprint density at radius 2 is 1.83 bits per heavy atom. The first-order chi connectivity index (χ1) is 5.65. The molecule has 0 aromatic rings. The summed E-state index contributed by atoms with van der Waals surface area (Å²) in [6.45, 7) is 6.48. The maximum Gasteiger partial charge on any atom is 0.102 e. The van der Waals surface area contributed by atoms with Gasteiger partial charge in [-0.3, -0.25) is 11.9 Å². The molecule has 1 aliphatic rings. The van der Waals surface area contributed by atoms with Crippen molar-refractivity contribution in [1.29, 1.82) is 0 Å². The second kappa shape index (κ2) is 4.19. The van der Waals surface area contributed by atoms with Crippen LogP contribution < -0.4 is 0 Å². The third kappa shape index (κ3) is 2.17. The minimum atomic E-state index is -0.244. The highest BCUT2D eigenvalue weighted by atomic mass is 19.1. The van der Waals surface area contributed by atoms with Crippen molar-refractivity contribution in [3.05, 3.63) is 7.05 Å². The van der Waals surface area contributed by atoms with Crippen LogP contribution in [0.1, 0.15) is 13.8 Å². The summed E-state index contributed by atoms with van der Waals surface area (Å²) >= 11 is 0. The van der Waals surface area contributed by atoms with Gasteiger partial charge in [-0.25, -0.2) is 4.39 Å². The molecule has 72 valence electrons. The van der Waals surface area contributed by atoms with Crippen molar-refractivity contribution in [1.82, 2.24) is 9.80 Å². The fourth-order valence-corrected chi connectivity index (χ4v) is 2.00. The molecule has 0 spiro atoms. The molecule has 1 aliphatic heterocycles. The molecular weight excluding hydrogens is 155 g/mol. The van der Waals surface area contributed by atoms with Gasteiger partial charge in [-0.05, 0) is 26.9 Å². The highest BCUT2D eigenvalue weighted by molar-refractivity contribution is 4.84. The number of piperazine rings is 1. The molecule has 0 unspecified atom stereocenters. The van der Waals surface area contributed by atoms with E-state index < -0.39 is 0 Å². The third-order valence-corrected chi connectivity index (χ3v) is 2.52. The second-order valence-electron chi connectivity index (χ2n) is 3.66. The van der Waals surface area contributed by atoms with Crippen molar-refractivity contribution >= 4 is 0 Å². The van der Waals surface area contributed by atoms with Gasteiger partial charge in [0.2, 0.25) is 0 Å². The Bertz CT molecular complexity index is 128. The summed E-state index contributed by atoms with van der Waals surface area (Å²) in [7, 11) is 3.91. The van der Waals surface area contributed by atoms with E-state index in [0.717, 1.165) is 13.1 Å². The SMILES string of the molecule is [CH2-]N1C[C@@H](C)N(CCF)[C@@H](C)C1. The number of alkyl halides is 1. The molecule has 0 radical (unpaired) electrons. The lowest BCUT2D eigenvalue weighted by Gasteiger charge is -2.46. The van der Waals surface area contributed by atoms with Crippen LogP contribution in [0.3, 0.4) is 0 Å². The van der Waals surface area contributed by atoms with Crippen molar-refractivity contribution in [3.8, 4) is 0 Å². The van der Waals surface area contributed by atoms with Gasteiger partial charge in [-0.15, -0.1) is 0 Å². The third-order valence-electron chi connectivity index (χ3n) is 2.52. The number of hydrogen-bond acceptors (Lipinski definition) is 2. The topological polar surface area (TPSA) is 6.48 Å². The summed E-state index contributed by atoms with van der Waals surface area (Å²) in [5.74, 6) is 0. The van der Waals surface area contributed by atoms with Gasteiger partial charge in [-0.1, -0.05) is 0 Å². The molecule has 2 atom stereocenters. The minimum absolute atomic E-state index is 0.244. The summed E-state index contributed by atoms with van der Waals surface area (Å²) in [5, 5.41) is 0. The van der Waals surface area contributed by atoms with Crippen LogP contribution in [-0.4, -0.2) is 48.2 Å². The zero-order valence-corrected chi connectivity index (χ0v) is 7.96. The van der Waals surface area contributed by atoms with Crippen molar-refractivity contribution in [2.45, 2.75) is 25.9 Å². The molecule has 0 bridgehead atoms. The van der Waals surface area contributed by atoms with Gasteiger partial charge < -0.3 is 4.90 Å². The van der Waals surface area contributed by atoms with E-state index in [1.807, 2.05) is 0 Å². The van der Waals surface area contributed by atoms with Crippen molar-refractivity contribution in [2.24, 2.45) is 0 Å². The number of hydrogen-bond donors (Lipinski definition) is 0. The summed E-state index contributed by atoms with van der Waals surface area (Å²) in [4.78, 5) is 4.27. The normalized spacial score (nSPS) is 34.0. The van der Waals surface area contributed by atoms with Gasteiger partial charge in [0.05, 0.1) is 0 Å². The van der Waals surface area contributed by atoms with Crippen LogP contribution >= 0.6 is 0 Å². The summed E-state index contributed by atoms with van der Waals surface area (Å²) in [6, 6.07) is 0.865. The molecule has 1 saturated heterocycles. The average Bonchev–Trinajstić information content (AvgIpc) is 1.96. The number of rotatable bonds is 2. The zero-order chi connectivity index (χ0) is 9.14. The monoisotopic (exact) mass is 173 g/mol. The Morgan fingerprint density at radius 1 is 1.33 bits per heavy atom. The van der Waals surface area contributed by atoms with Crippen LogP contribution in [0.15, 0.2) is 0 Å². The van der Waals surface area contributed by atoms with E-state index >= 15 is 0 Å². The van der Waals surface area contributed by atoms with E-state index in [9.17, 15) is 4.39 Å². The summed E-state index contributed by atoms with van der Waals surface area (Å²) in [6.07, 6.45) is 0. The van der Waals surface area contributed by atoms with Gasteiger partial charge in [0.1, 0.15) is 6.67 Å². The van der Waals surface area contributed by atoms with Crippen LogP contribution in [0.25, 0.3) is 0 Å². The van der Waals surface area contributed by atoms with Crippen molar-refractivity contribution in [2.75, 3.05) is 26.3 Å². The first-order valence-corrected chi connectivity index (χ1v) is 4.52. The molecule has 0 aromatic carbocycles. The van der Waals surface area contributed by atoms with Gasteiger partial charge in [0, 0.05) is 18.6 Å².